The molecule has 1 aliphatic heterocycles. The van der Waals surface area contributed by atoms with Crippen molar-refractivity contribution in [1.29, 1.82) is 0 Å². The number of primary amides is 1. The third kappa shape index (κ3) is 4.93. The summed E-state index contributed by atoms with van der Waals surface area (Å²) in [5, 5.41) is 17.7. The van der Waals surface area contributed by atoms with E-state index in [1.165, 1.54) is 30.3 Å². The molecule has 1 unspecified atom stereocenters. The molecule has 1 heterocycles. The van der Waals surface area contributed by atoms with Gasteiger partial charge in [0.15, 0.2) is 5.54 Å². The predicted molar refractivity (Wildman–Crippen MR) is 126 cm³/mol. The van der Waals surface area contributed by atoms with Gasteiger partial charge in [-0.25, -0.2) is 4.39 Å². The standard InChI is InChI=1S/C23H25ClFN5O4/c1-12(2)18(10-31)30-21(33)19-23(22(26)34,28-11-27-19)13-3-6-15(7-4-13)29-20(32)16-8-5-14(25)9-17(16)24/h3-9,12,18,28,31H,10-11H2,1-2H3,(H2,26,34)(H,29,32)(H,30,33)/t18-,23?/m1/s1. The van der Waals surface area contributed by atoms with Crippen molar-refractivity contribution < 1.29 is 23.9 Å². The Labute approximate surface area is 200 Å². The summed E-state index contributed by atoms with van der Waals surface area (Å²) in [5.41, 5.74) is 4.71. The summed E-state index contributed by atoms with van der Waals surface area (Å²) in [6.07, 6.45) is 0. The molecule has 1 aliphatic rings. The van der Waals surface area contributed by atoms with E-state index >= 15 is 0 Å². The molecule has 9 nitrogen and oxygen atoms in total. The van der Waals surface area contributed by atoms with Crippen molar-refractivity contribution in [3.63, 3.8) is 0 Å². The molecular formula is C23H25ClFN5O4. The molecule has 0 fully saturated rings. The van der Waals surface area contributed by atoms with Gasteiger partial charge < -0.3 is 21.5 Å². The molecule has 0 bridgehead atoms. The molecule has 6 N–H and O–H groups in total. The number of carbonyl (C=O) groups excluding carboxylic acids is 3. The van der Waals surface area contributed by atoms with E-state index in [-0.39, 0.29) is 35.5 Å². The zero-order valence-electron chi connectivity index (χ0n) is 18.6. The number of amides is 3. The lowest BCUT2D eigenvalue weighted by atomic mass is 9.84. The predicted octanol–water partition coefficient (Wildman–Crippen LogP) is 1.55. The maximum Gasteiger partial charge on any atom is 0.268 e. The normalized spacial score (nSPS) is 18.4. The summed E-state index contributed by atoms with van der Waals surface area (Å²) < 4.78 is 13.2. The van der Waals surface area contributed by atoms with E-state index in [9.17, 15) is 23.9 Å². The van der Waals surface area contributed by atoms with Crippen LogP contribution in [0, 0.1) is 11.7 Å². The first-order valence-corrected chi connectivity index (χ1v) is 10.9. The second-order valence-corrected chi connectivity index (χ2v) is 8.53. The highest BCUT2D eigenvalue weighted by Crippen LogP contribution is 2.29. The molecule has 2 aromatic rings. The maximum absolute atomic E-state index is 13.2. The minimum atomic E-state index is -1.69. The zero-order valence-corrected chi connectivity index (χ0v) is 19.3. The second-order valence-electron chi connectivity index (χ2n) is 8.12. The van der Waals surface area contributed by atoms with Crippen LogP contribution < -0.4 is 21.7 Å². The molecule has 34 heavy (non-hydrogen) atoms. The number of benzene rings is 2. The van der Waals surface area contributed by atoms with Crippen molar-refractivity contribution in [2.24, 2.45) is 16.6 Å². The van der Waals surface area contributed by atoms with Gasteiger partial charge in [0.1, 0.15) is 11.5 Å². The lowest BCUT2D eigenvalue weighted by Gasteiger charge is -2.29. The summed E-state index contributed by atoms with van der Waals surface area (Å²) in [5.74, 6) is -2.62. The van der Waals surface area contributed by atoms with E-state index in [2.05, 4.69) is 20.9 Å². The fourth-order valence-electron chi connectivity index (χ4n) is 3.60. The van der Waals surface area contributed by atoms with Crippen molar-refractivity contribution in [3.05, 3.63) is 64.4 Å². The smallest absolute Gasteiger partial charge is 0.268 e. The fraction of sp³-hybridized carbons (Fsp3) is 0.304. The van der Waals surface area contributed by atoms with Crippen LogP contribution in [0.2, 0.25) is 5.02 Å². The van der Waals surface area contributed by atoms with Gasteiger partial charge in [0.2, 0.25) is 5.91 Å². The van der Waals surface area contributed by atoms with Gasteiger partial charge in [-0.05, 0) is 41.8 Å². The fourth-order valence-corrected chi connectivity index (χ4v) is 3.85. The van der Waals surface area contributed by atoms with Crippen molar-refractivity contribution in [2.75, 3.05) is 18.6 Å². The monoisotopic (exact) mass is 489 g/mol. The number of aliphatic hydroxyl groups excluding tert-OH is 1. The number of anilines is 1. The van der Waals surface area contributed by atoms with E-state index < -0.39 is 35.1 Å². The number of hydrogen-bond donors (Lipinski definition) is 5. The number of rotatable bonds is 8. The summed E-state index contributed by atoms with van der Waals surface area (Å²) >= 11 is 5.94. The molecule has 0 saturated carbocycles. The lowest BCUT2D eigenvalue weighted by molar-refractivity contribution is -0.123. The highest BCUT2D eigenvalue weighted by molar-refractivity contribution is 6.47. The zero-order chi connectivity index (χ0) is 25.0. The van der Waals surface area contributed by atoms with Gasteiger partial charge in [-0.15, -0.1) is 0 Å². The van der Waals surface area contributed by atoms with Crippen LogP contribution in [0.25, 0.3) is 0 Å². The Morgan fingerprint density at radius 1 is 1.21 bits per heavy atom. The van der Waals surface area contributed by atoms with Gasteiger partial charge in [-0.2, -0.15) is 0 Å². The molecule has 2 atom stereocenters. The number of aliphatic imine (C=N–C) groups is 1. The minimum absolute atomic E-state index is 0.0152. The van der Waals surface area contributed by atoms with Gasteiger partial charge in [0.25, 0.3) is 11.8 Å². The van der Waals surface area contributed by atoms with E-state index in [0.717, 1.165) is 12.1 Å². The molecule has 3 rings (SSSR count). The average Bonchev–Trinajstić information content (AvgIpc) is 3.24. The first kappa shape index (κ1) is 25.3. The molecule has 0 saturated heterocycles. The van der Waals surface area contributed by atoms with Crippen LogP contribution in [0.15, 0.2) is 47.5 Å². The third-order valence-electron chi connectivity index (χ3n) is 5.59. The highest BCUT2D eigenvalue weighted by Gasteiger charge is 2.49. The van der Waals surface area contributed by atoms with E-state index in [4.69, 9.17) is 17.3 Å². The maximum atomic E-state index is 13.2. The molecule has 2 aromatic carbocycles. The van der Waals surface area contributed by atoms with Gasteiger partial charge in [0.05, 0.1) is 29.9 Å². The van der Waals surface area contributed by atoms with Crippen LogP contribution >= 0.6 is 11.6 Å². The number of nitrogens with zero attached hydrogens (tertiary/aromatic N) is 1. The number of nitrogens with one attached hydrogen (secondary N) is 3. The third-order valence-corrected chi connectivity index (χ3v) is 5.90. The van der Waals surface area contributed by atoms with E-state index in [1.807, 2.05) is 13.8 Å². The van der Waals surface area contributed by atoms with Crippen LogP contribution in [-0.2, 0) is 15.1 Å². The second kappa shape index (κ2) is 10.3. The Kier molecular flexibility index (Phi) is 7.65. The molecule has 180 valence electrons. The molecule has 0 aliphatic carbocycles. The number of carbonyl (C=O) groups is 3. The topological polar surface area (TPSA) is 146 Å². The van der Waals surface area contributed by atoms with E-state index in [1.54, 1.807) is 0 Å². The van der Waals surface area contributed by atoms with Crippen molar-refractivity contribution in [2.45, 2.75) is 25.4 Å². The number of aliphatic hydroxyl groups is 1. The van der Waals surface area contributed by atoms with Crippen LogP contribution in [0.3, 0.4) is 0 Å². The van der Waals surface area contributed by atoms with Crippen molar-refractivity contribution >= 4 is 40.7 Å². The summed E-state index contributed by atoms with van der Waals surface area (Å²) in [4.78, 5) is 42.2. The number of nitrogens with two attached hydrogens (primary N) is 1. The Morgan fingerprint density at radius 3 is 2.44 bits per heavy atom. The first-order chi connectivity index (χ1) is 16.1. The molecule has 0 spiro atoms. The summed E-state index contributed by atoms with van der Waals surface area (Å²) in [7, 11) is 0. The average molecular weight is 490 g/mol. The SMILES string of the molecule is CC(C)[C@@H](CO)NC(=O)C1=NCNC1(C(N)=O)c1ccc(NC(=O)c2ccc(F)cc2Cl)cc1. The minimum Gasteiger partial charge on any atom is -0.394 e. The Hall–Kier alpha value is -3.34. The van der Waals surface area contributed by atoms with Crippen LogP contribution in [0.1, 0.15) is 29.8 Å². The molecule has 3 amide bonds. The molecular weight excluding hydrogens is 465 g/mol. The Bertz CT molecular complexity index is 1140. The quantitative estimate of drug-likeness (QED) is 0.382. The Balaban J connectivity index is 1.85. The lowest BCUT2D eigenvalue weighted by Crippen LogP contribution is -2.59. The van der Waals surface area contributed by atoms with Gasteiger partial charge in [-0.3, -0.25) is 24.7 Å². The molecule has 0 radical (unpaired) electrons. The van der Waals surface area contributed by atoms with Crippen LogP contribution in [-0.4, -0.2) is 47.9 Å². The first-order valence-electron chi connectivity index (χ1n) is 10.5. The summed E-state index contributed by atoms with van der Waals surface area (Å²) in [6.45, 7) is 3.38. The number of hydrogen-bond acceptors (Lipinski definition) is 6. The largest absolute Gasteiger partial charge is 0.394 e. The van der Waals surface area contributed by atoms with Crippen LogP contribution in [0.4, 0.5) is 10.1 Å². The highest BCUT2D eigenvalue weighted by atomic mass is 35.5. The van der Waals surface area contributed by atoms with Crippen molar-refractivity contribution in [1.82, 2.24) is 10.6 Å². The van der Waals surface area contributed by atoms with Crippen molar-refractivity contribution in [3.8, 4) is 0 Å². The van der Waals surface area contributed by atoms with Crippen LogP contribution in [0.5, 0.6) is 0 Å². The van der Waals surface area contributed by atoms with Gasteiger partial charge in [0, 0.05) is 5.69 Å². The van der Waals surface area contributed by atoms with Gasteiger partial charge >= 0.3 is 0 Å². The summed E-state index contributed by atoms with van der Waals surface area (Å²) in [6, 6.07) is 9.00. The Morgan fingerprint density at radius 2 is 1.88 bits per heavy atom. The van der Waals surface area contributed by atoms with Gasteiger partial charge in [-0.1, -0.05) is 37.6 Å². The van der Waals surface area contributed by atoms with E-state index in [0.29, 0.717) is 11.3 Å². The molecule has 11 heteroatoms. The number of halogens is 2. The molecule has 0 aromatic heterocycles.